The molecule has 3 heterocycles. The van der Waals surface area contributed by atoms with E-state index < -0.39 is 0 Å². The van der Waals surface area contributed by atoms with Gasteiger partial charge in [-0.05, 0) is 19.1 Å². The number of imidazole rings is 1. The van der Waals surface area contributed by atoms with Crippen molar-refractivity contribution in [2.45, 2.75) is 19.5 Å². The van der Waals surface area contributed by atoms with Crippen LogP contribution < -0.4 is 5.32 Å². The van der Waals surface area contributed by atoms with Gasteiger partial charge in [0.1, 0.15) is 5.65 Å². The summed E-state index contributed by atoms with van der Waals surface area (Å²) in [4.78, 5) is 21.5. The van der Waals surface area contributed by atoms with Gasteiger partial charge in [-0.15, -0.1) is 0 Å². The Morgan fingerprint density at radius 1 is 1.32 bits per heavy atom. The lowest BCUT2D eigenvalue weighted by Gasteiger charge is -2.37. The summed E-state index contributed by atoms with van der Waals surface area (Å²) in [6.45, 7) is 7.62. The highest BCUT2D eigenvalue weighted by Gasteiger charge is 2.25. The number of amides is 1. The highest BCUT2D eigenvalue weighted by Crippen LogP contribution is 2.11. The molecule has 1 aliphatic rings. The summed E-state index contributed by atoms with van der Waals surface area (Å²) in [6.07, 6.45) is 4.11. The molecule has 1 saturated heterocycles. The topological polar surface area (TPSA) is 62.1 Å². The Morgan fingerprint density at radius 2 is 2.12 bits per heavy atom. The summed E-state index contributed by atoms with van der Waals surface area (Å²) >= 11 is 0. The molecule has 0 aromatic carbocycles. The number of aromatic nitrogens is 2. The van der Waals surface area contributed by atoms with Crippen LogP contribution in [-0.4, -0.2) is 77.6 Å². The van der Waals surface area contributed by atoms with Gasteiger partial charge in [-0.2, -0.15) is 0 Å². The summed E-state index contributed by atoms with van der Waals surface area (Å²) < 4.78 is 7.02. The molecule has 1 fully saturated rings. The van der Waals surface area contributed by atoms with Gasteiger partial charge < -0.3 is 14.5 Å². The van der Waals surface area contributed by atoms with Gasteiger partial charge in [0.25, 0.3) is 0 Å². The van der Waals surface area contributed by atoms with Crippen molar-refractivity contribution in [1.82, 2.24) is 24.5 Å². The van der Waals surface area contributed by atoms with Crippen molar-refractivity contribution in [1.29, 1.82) is 0 Å². The number of fused-ring (bicyclic) bond motifs is 1. The van der Waals surface area contributed by atoms with Crippen LogP contribution in [0.15, 0.2) is 30.6 Å². The molecule has 1 unspecified atom stereocenters. The number of carbonyl (C=O) groups excluding carboxylic acids is 1. The largest absolute Gasteiger partial charge is 0.383 e. The van der Waals surface area contributed by atoms with E-state index in [2.05, 4.69) is 30.7 Å². The van der Waals surface area contributed by atoms with Crippen LogP contribution in [0.1, 0.15) is 12.6 Å². The average Bonchev–Trinajstić information content (AvgIpc) is 3.04. The first-order chi connectivity index (χ1) is 12.2. The van der Waals surface area contributed by atoms with E-state index in [-0.39, 0.29) is 11.9 Å². The molecule has 7 nitrogen and oxygen atoms in total. The van der Waals surface area contributed by atoms with E-state index in [0.717, 1.165) is 44.1 Å². The molecular weight excluding hydrogens is 318 g/mol. The van der Waals surface area contributed by atoms with Crippen molar-refractivity contribution in [3.05, 3.63) is 36.3 Å². The van der Waals surface area contributed by atoms with Crippen molar-refractivity contribution >= 4 is 11.6 Å². The first-order valence-electron chi connectivity index (χ1n) is 8.83. The molecule has 2 aromatic rings. The number of carbonyl (C=O) groups is 1. The molecule has 1 N–H and O–H groups in total. The van der Waals surface area contributed by atoms with Gasteiger partial charge in [0.2, 0.25) is 5.91 Å². The Balaban J connectivity index is 1.47. The molecule has 0 radical (unpaired) electrons. The van der Waals surface area contributed by atoms with E-state index in [1.165, 1.54) is 0 Å². The predicted octanol–water partition coefficient (Wildman–Crippen LogP) is 0.603. The average molecular weight is 345 g/mol. The van der Waals surface area contributed by atoms with Gasteiger partial charge in [-0.25, -0.2) is 4.98 Å². The van der Waals surface area contributed by atoms with Crippen molar-refractivity contribution in [2.75, 3.05) is 46.4 Å². The fourth-order valence-corrected chi connectivity index (χ4v) is 3.19. The summed E-state index contributed by atoms with van der Waals surface area (Å²) in [5.74, 6) is 0.0749. The van der Waals surface area contributed by atoms with E-state index >= 15 is 0 Å². The smallest absolute Gasteiger partial charge is 0.237 e. The molecule has 7 heteroatoms. The monoisotopic (exact) mass is 345 g/mol. The molecule has 0 aliphatic carbocycles. The maximum absolute atomic E-state index is 12.2. The summed E-state index contributed by atoms with van der Waals surface area (Å²) in [5, 5.41) is 2.91. The second kappa shape index (κ2) is 8.42. The van der Waals surface area contributed by atoms with Gasteiger partial charge in [0, 0.05) is 58.8 Å². The van der Waals surface area contributed by atoms with Crippen molar-refractivity contribution in [3.8, 4) is 0 Å². The Labute approximate surface area is 148 Å². The molecule has 3 rings (SSSR count). The number of methoxy groups -OCH3 is 1. The third-order valence-electron chi connectivity index (χ3n) is 4.74. The van der Waals surface area contributed by atoms with Crippen molar-refractivity contribution in [2.24, 2.45) is 0 Å². The highest BCUT2D eigenvalue weighted by atomic mass is 16.5. The first kappa shape index (κ1) is 17.8. The molecule has 1 atom stereocenters. The number of ether oxygens (including phenoxy) is 1. The SMILES string of the molecule is COCCNC(=O)C(C)N1CCN(Cc2cn3ccccc3n2)CC1. The van der Waals surface area contributed by atoms with Crippen LogP contribution in [0.5, 0.6) is 0 Å². The minimum Gasteiger partial charge on any atom is -0.383 e. The standard InChI is InChI=1S/C18H27N5O2/c1-15(18(24)19-6-12-25-2)22-10-8-21(9-11-22)13-16-14-23-7-4-3-5-17(23)20-16/h3-5,7,14-15H,6,8-13H2,1-2H3,(H,19,24). The lowest BCUT2D eigenvalue weighted by molar-refractivity contribution is -0.126. The Hall–Kier alpha value is -1.96. The Morgan fingerprint density at radius 3 is 2.84 bits per heavy atom. The van der Waals surface area contributed by atoms with E-state index in [4.69, 9.17) is 4.74 Å². The number of piperazine rings is 1. The lowest BCUT2D eigenvalue weighted by atomic mass is 10.2. The zero-order valence-electron chi connectivity index (χ0n) is 15.0. The molecular formula is C18H27N5O2. The normalized spacial score (nSPS) is 17.7. The van der Waals surface area contributed by atoms with Gasteiger partial charge in [0.05, 0.1) is 18.3 Å². The minimum atomic E-state index is -0.103. The predicted molar refractivity (Wildman–Crippen MR) is 96.4 cm³/mol. The molecule has 0 bridgehead atoms. The molecule has 1 aliphatic heterocycles. The van der Waals surface area contributed by atoms with Crippen LogP contribution in [0.25, 0.3) is 5.65 Å². The molecule has 0 spiro atoms. The quantitative estimate of drug-likeness (QED) is 0.745. The van der Waals surface area contributed by atoms with Crippen molar-refractivity contribution < 1.29 is 9.53 Å². The highest BCUT2D eigenvalue weighted by molar-refractivity contribution is 5.81. The van der Waals surface area contributed by atoms with Crippen LogP contribution in [0.4, 0.5) is 0 Å². The number of nitrogens with one attached hydrogen (secondary N) is 1. The van der Waals surface area contributed by atoms with E-state index in [9.17, 15) is 4.79 Å². The number of nitrogens with zero attached hydrogens (tertiary/aromatic N) is 4. The summed E-state index contributed by atoms with van der Waals surface area (Å²) in [5.41, 5.74) is 2.07. The fourth-order valence-electron chi connectivity index (χ4n) is 3.19. The van der Waals surface area contributed by atoms with Gasteiger partial charge in [-0.3, -0.25) is 14.6 Å². The van der Waals surface area contributed by atoms with Crippen LogP contribution in [-0.2, 0) is 16.1 Å². The van der Waals surface area contributed by atoms with Gasteiger partial charge in [-0.1, -0.05) is 6.07 Å². The zero-order valence-corrected chi connectivity index (χ0v) is 15.0. The lowest BCUT2D eigenvalue weighted by Crippen LogP contribution is -2.53. The summed E-state index contributed by atoms with van der Waals surface area (Å²) in [6, 6.07) is 5.93. The molecule has 25 heavy (non-hydrogen) atoms. The third kappa shape index (κ3) is 4.56. The van der Waals surface area contributed by atoms with Gasteiger partial charge >= 0.3 is 0 Å². The number of pyridine rings is 1. The molecule has 0 saturated carbocycles. The van der Waals surface area contributed by atoms with E-state index in [1.807, 2.05) is 31.3 Å². The first-order valence-corrected chi connectivity index (χ1v) is 8.83. The maximum Gasteiger partial charge on any atom is 0.237 e. The molecule has 2 aromatic heterocycles. The molecule has 1 amide bonds. The maximum atomic E-state index is 12.2. The number of hydrogen-bond donors (Lipinski definition) is 1. The molecule has 136 valence electrons. The second-order valence-corrected chi connectivity index (χ2v) is 6.47. The third-order valence-corrected chi connectivity index (χ3v) is 4.74. The van der Waals surface area contributed by atoms with Crippen LogP contribution >= 0.6 is 0 Å². The second-order valence-electron chi connectivity index (χ2n) is 6.47. The fraction of sp³-hybridized carbons (Fsp3) is 0.556. The summed E-state index contributed by atoms with van der Waals surface area (Å²) in [7, 11) is 1.64. The zero-order chi connectivity index (χ0) is 17.6. The Bertz CT molecular complexity index is 661. The van der Waals surface area contributed by atoms with Gasteiger partial charge in [0.15, 0.2) is 0 Å². The number of rotatable bonds is 7. The number of hydrogen-bond acceptors (Lipinski definition) is 5. The Kier molecular flexibility index (Phi) is 6.01. The van der Waals surface area contributed by atoms with Crippen LogP contribution in [0, 0.1) is 0 Å². The minimum absolute atomic E-state index is 0.0749. The van der Waals surface area contributed by atoms with Crippen LogP contribution in [0.2, 0.25) is 0 Å². The van der Waals surface area contributed by atoms with E-state index in [1.54, 1.807) is 7.11 Å². The van der Waals surface area contributed by atoms with Crippen LogP contribution in [0.3, 0.4) is 0 Å². The van der Waals surface area contributed by atoms with Crippen molar-refractivity contribution in [3.63, 3.8) is 0 Å². The van der Waals surface area contributed by atoms with E-state index in [0.29, 0.717) is 13.2 Å².